The van der Waals surface area contributed by atoms with Crippen LogP contribution in [0.5, 0.6) is 5.75 Å². The van der Waals surface area contributed by atoms with E-state index in [4.69, 9.17) is 9.72 Å². The van der Waals surface area contributed by atoms with Gasteiger partial charge in [0.25, 0.3) is 5.91 Å². The lowest BCUT2D eigenvalue weighted by Gasteiger charge is -2.19. The predicted octanol–water partition coefficient (Wildman–Crippen LogP) is 4.72. The number of hydrogen-bond acceptors (Lipinski definition) is 4. The number of benzene rings is 1. The molecular formula is C19H22N2O2S. The Hall–Kier alpha value is -2.14. The molecule has 3 rings (SSSR count). The first kappa shape index (κ1) is 16.7. The second-order valence-electron chi connectivity index (χ2n) is 5.79. The van der Waals surface area contributed by atoms with Gasteiger partial charge in [0.1, 0.15) is 10.6 Å². The minimum atomic E-state index is 0.107. The molecule has 0 aliphatic carbocycles. The van der Waals surface area contributed by atoms with Crippen LogP contribution in [-0.2, 0) is 0 Å². The highest BCUT2D eigenvalue weighted by molar-refractivity contribution is 7.20. The maximum atomic E-state index is 12.7. The number of carbonyl (C=O) groups excluding carboxylic acids is 1. The normalized spacial score (nSPS) is 11.1. The number of thiophene rings is 1. The minimum Gasteiger partial charge on any atom is -0.497 e. The number of unbranched alkanes of at least 4 members (excludes halogenated alkanes) is 1. The highest BCUT2D eigenvalue weighted by Gasteiger charge is 2.17. The minimum absolute atomic E-state index is 0.107. The molecule has 0 fully saturated rings. The Morgan fingerprint density at radius 2 is 2.04 bits per heavy atom. The zero-order valence-electron chi connectivity index (χ0n) is 14.3. The van der Waals surface area contributed by atoms with Crippen molar-refractivity contribution < 1.29 is 9.53 Å². The first-order chi connectivity index (χ1) is 11.7. The van der Waals surface area contributed by atoms with Crippen molar-refractivity contribution in [1.29, 1.82) is 0 Å². The van der Waals surface area contributed by atoms with Gasteiger partial charge in [0.05, 0.1) is 17.5 Å². The van der Waals surface area contributed by atoms with Crippen LogP contribution in [0.3, 0.4) is 0 Å². The molecular weight excluding hydrogens is 320 g/mol. The Morgan fingerprint density at radius 1 is 1.21 bits per heavy atom. The van der Waals surface area contributed by atoms with Crippen molar-refractivity contribution in [3.63, 3.8) is 0 Å². The first-order valence-electron chi connectivity index (χ1n) is 8.33. The van der Waals surface area contributed by atoms with Crippen molar-refractivity contribution in [3.8, 4) is 5.75 Å². The molecule has 0 aliphatic rings. The molecule has 0 bridgehead atoms. The van der Waals surface area contributed by atoms with Gasteiger partial charge in [0.2, 0.25) is 0 Å². The van der Waals surface area contributed by atoms with E-state index in [2.05, 4.69) is 13.0 Å². The fourth-order valence-corrected chi connectivity index (χ4v) is 3.74. The molecule has 3 aromatic rings. The van der Waals surface area contributed by atoms with E-state index in [-0.39, 0.29) is 5.91 Å². The summed E-state index contributed by atoms with van der Waals surface area (Å²) in [6.45, 7) is 5.72. The molecule has 0 aliphatic heterocycles. The van der Waals surface area contributed by atoms with Crippen LogP contribution in [-0.4, -0.2) is 36.0 Å². The summed E-state index contributed by atoms with van der Waals surface area (Å²) >= 11 is 1.47. The fourth-order valence-electron chi connectivity index (χ4n) is 2.75. The number of ether oxygens (including phenoxy) is 1. The number of aromatic nitrogens is 1. The maximum Gasteiger partial charge on any atom is 0.264 e. The van der Waals surface area contributed by atoms with Crippen LogP contribution in [0.4, 0.5) is 0 Å². The topological polar surface area (TPSA) is 42.4 Å². The van der Waals surface area contributed by atoms with Gasteiger partial charge in [0, 0.05) is 23.9 Å². The average molecular weight is 342 g/mol. The van der Waals surface area contributed by atoms with Crippen LogP contribution in [0.15, 0.2) is 30.3 Å². The maximum absolute atomic E-state index is 12.7. The third-order valence-electron chi connectivity index (χ3n) is 4.17. The molecule has 0 unspecified atom stereocenters. The first-order valence-corrected chi connectivity index (χ1v) is 9.15. The van der Waals surface area contributed by atoms with Crippen LogP contribution >= 0.6 is 11.3 Å². The molecule has 0 saturated carbocycles. The number of carbonyl (C=O) groups is 1. The van der Waals surface area contributed by atoms with Gasteiger partial charge in [-0.05, 0) is 43.7 Å². The number of amides is 1. The lowest BCUT2D eigenvalue weighted by Crippen LogP contribution is -2.31. The summed E-state index contributed by atoms with van der Waals surface area (Å²) in [4.78, 5) is 21.0. The van der Waals surface area contributed by atoms with Crippen LogP contribution in [0.2, 0.25) is 0 Å². The monoisotopic (exact) mass is 342 g/mol. The van der Waals surface area contributed by atoms with E-state index >= 15 is 0 Å². The molecule has 2 aromatic heterocycles. The molecule has 1 amide bonds. The van der Waals surface area contributed by atoms with Crippen molar-refractivity contribution >= 4 is 38.4 Å². The second kappa shape index (κ2) is 7.18. The van der Waals surface area contributed by atoms with Crippen LogP contribution in [0.25, 0.3) is 21.1 Å². The Balaban J connectivity index is 1.98. The molecule has 126 valence electrons. The van der Waals surface area contributed by atoms with E-state index in [0.717, 1.165) is 57.7 Å². The molecule has 0 atom stereocenters. The van der Waals surface area contributed by atoms with Crippen molar-refractivity contribution in [3.05, 3.63) is 35.2 Å². The van der Waals surface area contributed by atoms with Gasteiger partial charge in [0.15, 0.2) is 0 Å². The number of pyridine rings is 1. The van der Waals surface area contributed by atoms with Gasteiger partial charge in [-0.2, -0.15) is 0 Å². The lowest BCUT2D eigenvalue weighted by atomic mass is 10.2. The fraction of sp³-hybridized carbons (Fsp3) is 0.368. The summed E-state index contributed by atoms with van der Waals surface area (Å²) in [7, 11) is 1.66. The molecule has 24 heavy (non-hydrogen) atoms. The van der Waals surface area contributed by atoms with Gasteiger partial charge in [-0.1, -0.05) is 13.3 Å². The van der Waals surface area contributed by atoms with Gasteiger partial charge >= 0.3 is 0 Å². The number of rotatable bonds is 6. The number of methoxy groups -OCH3 is 1. The number of hydrogen-bond donors (Lipinski definition) is 0. The van der Waals surface area contributed by atoms with Gasteiger partial charge in [-0.15, -0.1) is 11.3 Å². The zero-order chi connectivity index (χ0) is 17.1. The van der Waals surface area contributed by atoms with Crippen molar-refractivity contribution in [2.24, 2.45) is 0 Å². The summed E-state index contributed by atoms with van der Waals surface area (Å²) in [5, 5.41) is 2.03. The highest BCUT2D eigenvalue weighted by Crippen LogP contribution is 2.29. The Bertz CT molecular complexity index is 872. The van der Waals surface area contributed by atoms with E-state index in [1.165, 1.54) is 11.3 Å². The summed E-state index contributed by atoms with van der Waals surface area (Å²) in [5.74, 6) is 0.919. The van der Waals surface area contributed by atoms with E-state index in [1.54, 1.807) is 7.11 Å². The molecule has 4 nitrogen and oxygen atoms in total. The quantitative estimate of drug-likeness (QED) is 0.651. The van der Waals surface area contributed by atoms with Gasteiger partial charge in [-0.25, -0.2) is 4.98 Å². The van der Waals surface area contributed by atoms with Gasteiger partial charge < -0.3 is 9.64 Å². The Labute approximate surface area is 146 Å². The van der Waals surface area contributed by atoms with E-state index in [1.807, 2.05) is 36.1 Å². The molecule has 5 heteroatoms. The zero-order valence-corrected chi connectivity index (χ0v) is 15.2. The van der Waals surface area contributed by atoms with E-state index in [0.29, 0.717) is 0 Å². The Morgan fingerprint density at radius 3 is 2.75 bits per heavy atom. The van der Waals surface area contributed by atoms with Crippen molar-refractivity contribution in [2.45, 2.75) is 26.7 Å². The largest absolute Gasteiger partial charge is 0.497 e. The standard InChI is InChI=1S/C19H22N2O2S/c1-4-6-9-21(5-2)19(22)17-12-14-10-13-11-15(23-3)7-8-16(13)20-18(14)24-17/h7-8,10-12H,4-6,9H2,1-3H3. The smallest absolute Gasteiger partial charge is 0.264 e. The number of nitrogens with zero attached hydrogens (tertiary/aromatic N) is 2. The molecule has 0 saturated heterocycles. The third kappa shape index (κ3) is 3.22. The van der Waals surface area contributed by atoms with Crippen molar-refractivity contribution in [1.82, 2.24) is 9.88 Å². The molecule has 1 aromatic carbocycles. The summed E-state index contributed by atoms with van der Waals surface area (Å²) in [5.41, 5.74) is 0.919. The third-order valence-corrected chi connectivity index (χ3v) is 5.20. The van der Waals surface area contributed by atoms with Gasteiger partial charge in [-0.3, -0.25) is 4.79 Å². The second-order valence-corrected chi connectivity index (χ2v) is 6.82. The molecule has 2 heterocycles. The average Bonchev–Trinajstić information content (AvgIpc) is 3.02. The summed E-state index contributed by atoms with van der Waals surface area (Å²) in [6.07, 6.45) is 2.12. The van der Waals surface area contributed by atoms with E-state index in [9.17, 15) is 4.79 Å². The molecule has 0 N–H and O–H groups in total. The van der Waals surface area contributed by atoms with E-state index < -0.39 is 0 Å². The summed E-state index contributed by atoms with van der Waals surface area (Å²) < 4.78 is 5.28. The summed E-state index contributed by atoms with van der Waals surface area (Å²) in [6, 6.07) is 9.87. The van der Waals surface area contributed by atoms with Crippen LogP contribution in [0, 0.1) is 0 Å². The predicted molar refractivity (Wildman–Crippen MR) is 100 cm³/mol. The van der Waals surface area contributed by atoms with Crippen LogP contribution < -0.4 is 4.74 Å². The Kier molecular flexibility index (Phi) is 5.00. The SMILES string of the molecule is CCCCN(CC)C(=O)c1cc2cc3cc(OC)ccc3nc2s1. The lowest BCUT2D eigenvalue weighted by molar-refractivity contribution is 0.0767. The molecule has 0 spiro atoms. The highest BCUT2D eigenvalue weighted by atomic mass is 32.1. The van der Waals surface area contributed by atoms with Crippen LogP contribution in [0.1, 0.15) is 36.4 Å². The number of fused-ring (bicyclic) bond motifs is 2. The molecule has 0 radical (unpaired) electrons. The van der Waals surface area contributed by atoms with Crippen molar-refractivity contribution in [2.75, 3.05) is 20.2 Å².